The van der Waals surface area contributed by atoms with E-state index in [9.17, 15) is 22.4 Å². The quantitative estimate of drug-likeness (QED) is 0.301. The first-order valence-electron chi connectivity index (χ1n) is 11.6. The fraction of sp³-hybridized carbons (Fsp3) is 0.375. The van der Waals surface area contributed by atoms with Gasteiger partial charge in [0.1, 0.15) is 10.1 Å². The number of fused-ring (bicyclic) bond motifs is 2. The lowest BCUT2D eigenvalue weighted by atomic mass is 9.80. The predicted octanol–water partition coefficient (Wildman–Crippen LogP) is 5.30. The van der Waals surface area contributed by atoms with E-state index in [0.29, 0.717) is 39.6 Å². The van der Waals surface area contributed by atoms with Crippen molar-refractivity contribution < 1.29 is 22.4 Å². The van der Waals surface area contributed by atoms with Crippen LogP contribution in [0.2, 0.25) is 0 Å². The fourth-order valence-corrected chi connectivity index (χ4v) is 5.44. The lowest BCUT2D eigenvalue weighted by molar-refractivity contribution is -0.147. The maximum absolute atomic E-state index is 14.7. The molecule has 2 N–H and O–H groups in total. The molecule has 0 radical (unpaired) electrons. The molecule has 0 bridgehead atoms. The minimum absolute atomic E-state index is 0.218. The topological polar surface area (TPSA) is 97.6 Å². The number of carbonyl (C=O) groups excluding carboxylic acids is 1. The van der Waals surface area contributed by atoms with Gasteiger partial charge < -0.3 is 10.6 Å². The van der Waals surface area contributed by atoms with E-state index in [0.717, 1.165) is 0 Å². The lowest BCUT2D eigenvalue weighted by Gasteiger charge is -2.28. The summed E-state index contributed by atoms with van der Waals surface area (Å²) in [5.41, 5.74) is -0.0391. The Kier molecular flexibility index (Phi) is 6.50. The van der Waals surface area contributed by atoms with Gasteiger partial charge >= 0.3 is 6.18 Å². The van der Waals surface area contributed by atoms with Gasteiger partial charge in [0.05, 0.1) is 16.5 Å². The molecule has 8 nitrogen and oxygen atoms in total. The fourth-order valence-electron chi connectivity index (χ4n) is 5.00. The molecular weight excluding hydrogens is 558 g/mol. The van der Waals surface area contributed by atoms with E-state index < -0.39 is 29.7 Å². The first kappa shape index (κ1) is 25.3. The Balaban J connectivity index is 1.44. The van der Waals surface area contributed by atoms with Crippen LogP contribution in [0.25, 0.3) is 27.6 Å². The minimum atomic E-state index is -4.34. The van der Waals surface area contributed by atoms with Crippen LogP contribution >= 0.6 is 15.9 Å². The number of halogens is 5. The number of hydrogen-bond donors (Lipinski definition) is 2. The highest BCUT2D eigenvalue weighted by molar-refractivity contribution is 9.10. The van der Waals surface area contributed by atoms with Crippen LogP contribution in [-0.2, 0) is 4.79 Å². The van der Waals surface area contributed by atoms with Crippen LogP contribution in [0.15, 0.2) is 41.3 Å². The first-order valence-corrected chi connectivity index (χ1v) is 12.4. The van der Waals surface area contributed by atoms with Gasteiger partial charge in [-0.1, -0.05) is 6.07 Å². The number of amides is 1. The van der Waals surface area contributed by atoms with Gasteiger partial charge in [0, 0.05) is 43.4 Å². The number of pyridine rings is 1. The molecule has 1 aliphatic carbocycles. The van der Waals surface area contributed by atoms with Crippen molar-refractivity contribution in [3.63, 3.8) is 0 Å². The Morgan fingerprint density at radius 3 is 2.86 bits per heavy atom. The Hall–Kier alpha value is -3.35. The molecule has 3 heterocycles. The zero-order chi connectivity index (χ0) is 26.4. The summed E-state index contributed by atoms with van der Waals surface area (Å²) in [4.78, 5) is 25.5. The first-order chi connectivity index (χ1) is 17.6. The van der Waals surface area contributed by atoms with Crippen molar-refractivity contribution in [1.29, 1.82) is 0 Å². The van der Waals surface area contributed by atoms with Gasteiger partial charge in [-0.3, -0.25) is 9.78 Å². The second-order valence-corrected chi connectivity index (χ2v) is 9.95. The predicted molar refractivity (Wildman–Crippen MR) is 133 cm³/mol. The van der Waals surface area contributed by atoms with E-state index in [1.807, 2.05) is 0 Å². The van der Waals surface area contributed by atoms with Gasteiger partial charge in [-0.15, -0.1) is 0 Å². The summed E-state index contributed by atoms with van der Waals surface area (Å²) in [7, 11) is 1.43. The van der Waals surface area contributed by atoms with E-state index >= 15 is 0 Å². The molecule has 1 amide bonds. The molecule has 1 saturated carbocycles. The standard InChI is InChI=1S/C24H22BrF4N7O/c1-30-21(37)23(6-7-24(27,28)29)5-4-14(11-23)33-22-32-12-16-19(25)35-36(20(16)34-22)15-9-13-3-2-8-31-18(13)17(26)10-15/h2-3,8-10,12,14H,4-7,11H2,1H3,(H,30,37)(H,32,33,34)/t14-,23+/m1/s1. The number of rotatable bonds is 6. The SMILES string of the molecule is CNC(=O)[C@]1(CCC(F)(F)F)CC[C@@H](Nc2ncc3c(Br)nn(-c4cc(F)c5ncccc5c4)c3n2)C1. The Morgan fingerprint density at radius 2 is 2.11 bits per heavy atom. The molecule has 3 aromatic heterocycles. The van der Waals surface area contributed by atoms with Gasteiger partial charge in [0.2, 0.25) is 11.9 Å². The molecule has 0 spiro atoms. The van der Waals surface area contributed by atoms with Crippen molar-refractivity contribution in [2.75, 3.05) is 12.4 Å². The van der Waals surface area contributed by atoms with Crippen LogP contribution in [0.5, 0.6) is 0 Å². The van der Waals surface area contributed by atoms with E-state index in [2.05, 4.69) is 46.6 Å². The monoisotopic (exact) mass is 579 g/mol. The number of benzene rings is 1. The van der Waals surface area contributed by atoms with Crippen molar-refractivity contribution in [2.24, 2.45) is 5.41 Å². The lowest BCUT2D eigenvalue weighted by Crippen LogP contribution is -2.39. The molecule has 0 saturated heterocycles. The van der Waals surface area contributed by atoms with E-state index in [4.69, 9.17) is 0 Å². The molecule has 5 rings (SSSR count). The number of anilines is 1. The van der Waals surface area contributed by atoms with Crippen LogP contribution < -0.4 is 10.6 Å². The smallest absolute Gasteiger partial charge is 0.359 e. The van der Waals surface area contributed by atoms with Gasteiger partial charge in [0.25, 0.3) is 0 Å². The van der Waals surface area contributed by atoms with Crippen LogP contribution in [-0.4, -0.2) is 49.9 Å². The van der Waals surface area contributed by atoms with Crippen LogP contribution in [0, 0.1) is 11.2 Å². The van der Waals surface area contributed by atoms with E-state index in [1.165, 1.54) is 24.0 Å². The number of alkyl halides is 3. The zero-order valence-electron chi connectivity index (χ0n) is 19.6. The van der Waals surface area contributed by atoms with Gasteiger partial charge in [-0.2, -0.15) is 23.3 Å². The summed E-state index contributed by atoms with van der Waals surface area (Å²) in [5, 5.41) is 11.3. The molecule has 194 valence electrons. The Bertz CT molecular complexity index is 1490. The number of carbonyl (C=O) groups is 1. The molecule has 1 aliphatic rings. The third kappa shape index (κ3) is 4.96. The van der Waals surface area contributed by atoms with Gasteiger partial charge in [-0.25, -0.2) is 14.1 Å². The number of aromatic nitrogens is 5. The van der Waals surface area contributed by atoms with E-state index in [1.54, 1.807) is 24.4 Å². The highest BCUT2D eigenvalue weighted by atomic mass is 79.9. The van der Waals surface area contributed by atoms with Crippen molar-refractivity contribution in [3.8, 4) is 5.69 Å². The maximum Gasteiger partial charge on any atom is 0.389 e. The van der Waals surface area contributed by atoms with Crippen LogP contribution in [0.1, 0.15) is 32.1 Å². The summed E-state index contributed by atoms with van der Waals surface area (Å²) < 4.78 is 55.4. The van der Waals surface area contributed by atoms with Gasteiger partial charge in [-0.05, 0) is 53.7 Å². The zero-order valence-corrected chi connectivity index (χ0v) is 21.2. The average Bonchev–Trinajstić information content (AvgIpc) is 3.43. The maximum atomic E-state index is 14.7. The van der Waals surface area contributed by atoms with Crippen molar-refractivity contribution in [1.82, 2.24) is 30.0 Å². The Labute approximate surface area is 217 Å². The largest absolute Gasteiger partial charge is 0.389 e. The minimum Gasteiger partial charge on any atom is -0.359 e. The summed E-state index contributed by atoms with van der Waals surface area (Å²) in [6.07, 6.45) is -1.56. The summed E-state index contributed by atoms with van der Waals surface area (Å²) in [6.45, 7) is 0. The van der Waals surface area contributed by atoms with Crippen molar-refractivity contribution in [3.05, 3.63) is 47.1 Å². The molecule has 0 aliphatic heterocycles. The number of hydrogen-bond acceptors (Lipinski definition) is 6. The molecule has 0 unspecified atom stereocenters. The number of nitrogens with one attached hydrogen (secondary N) is 2. The summed E-state index contributed by atoms with van der Waals surface area (Å²) in [5.74, 6) is -0.666. The van der Waals surface area contributed by atoms with Crippen LogP contribution in [0.4, 0.5) is 23.5 Å². The molecule has 2 atom stereocenters. The second kappa shape index (κ2) is 9.51. The normalized spacial score (nSPS) is 20.0. The highest BCUT2D eigenvalue weighted by Gasteiger charge is 2.47. The number of nitrogens with zero attached hydrogens (tertiary/aromatic N) is 5. The summed E-state index contributed by atoms with van der Waals surface area (Å²) in [6, 6.07) is 6.22. The van der Waals surface area contributed by atoms with Crippen molar-refractivity contribution >= 4 is 49.7 Å². The molecule has 13 heteroatoms. The van der Waals surface area contributed by atoms with Crippen molar-refractivity contribution in [2.45, 2.75) is 44.3 Å². The van der Waals surface area contributed by atoms with Crippen LogP contribution in [0.3, 0.4) is 0 Å². The molecule has 4 aromatic rings. The third-order valence-electron chi connectivity index (χ3n) is 6.80. The van der Waals surface area contributed by atoms with Gasteiger partial charge in [0.15, 0.2) is 11.5 Å². The van der Waals surface area contributed by atoms with E-state index in [-0.39, 0.29) is 30.3 Å². The molecule has 1 aromatic carbocycles. The molecule has 37 heavy (non-hydrogen) atoms. The average molecular weight is 580 g/mol. The summed E-state index contributed by atoms with van der Waals surface area (Å²) >= 11 is 3.39. The highest BCUT2D eigenvalue weighted by Crippen LogP contribution is 2.45. The second-order valence-electron chi connectivity index (χ2n) is 9.19. The molecule has 1 fully saturated rings. The molecular formula is C24H22BrF4N7O. The Morgan fingerprint density at radius 1 is 1.30 bits per heavy atom. The third-order valence-corrected chi connectivity index (χ3v) is 7.39.